The topological polar surface area (TPSA) is 90.5 Å². The van der Waals surface area contributed by atoms with E-state index in [2.05, 4.69) is 16.0 Å². The summed E-state index contributed by atoms with van der Waals surface area (Å²) in [7, 11) is 1.73. The first-order chi connectivity index (χ1) is 13.8. The second kappa shape index (κ2) is 11.4. The van der Waals surface area contributed by atoms with Gasteiger partial charge in [0, 0.05) is 44.6 Å². The van der Waals surface area contributed by atoms with Crippen LogP contribution in [0.25, 0.3) is 0 Å². The molecule has 1 aliphatic carbocycles. The number of nitrogens with zero attached hydrogens (tertiary/aromatic N) is 1. The van der Waals surface area contributed by atoms with Crippen LogP contribution in [0.3, 0.4) is 0 Å². The van der Waals surface area contributed by atoms with Gasteiger partial charge in [0.15, 0.2) is 0 Å². The van der Waals surface area contributed by atoms with E-state index in [0.717, 1.165) is 24.8 Å². The second-order valence-electron chi connectivity index (χ2n) is 8.11. The Morgan fingerprint density at radius 2 is 1.86 bits per heavy atom. The first-order valence-electron chi connectivity index (χ1n) is 10.5. The van der Waals surface area contributed by atoms with Crippen LogP contribution in [0.5, 0.6) is 0 Å². The van der Waals surface area contributed by atoms with E-state index in [-0.39, 0.29) is 48.8 Å². The molecule has 1 aromatic rings. The Balaban J connectivity index is 1.67. The summed E-state index contributed by atoms with van der Waals surface area (Å²) in [5.41, 5.74) is 1.05. The zero-order valence-electron chi connectivity index (χ0n) is 17.7. The highest BCUT2D eigenvalue weighted by Gasteiger charge is 2.28. The minimum Gasteiger partial charge on any atom is -0.354 e. The van der Waals surface area contributed by atoms with Crippen molar-refractivity contribution in [2.24, 2.45) is 5.92 Å². The van der Waals surface area contributed by atoms with Gasteiger partial charge in [0.1, 0.15) is 0 Å². The van der Waals surface area contributed by atoms with Crippen LogP contribution in [0, 0.1) is 5.92 Å². The molecule has 2 rings (SSSR count). The van der Waals surface area contributed by atoms with Gasteiger partial charge in [-0.05, 0) is 38.7 Å². The third-order valence-corrected chi connectivity index (χ3v) is 5.08. The molecule has 1 aliphatic rings. The molecule has 1 fully saturated rings. The molecule has 0 heterocycles. The zero-order valence-corrected chi connectivity index (χ0v) is 17.7. The Bertz CT molecular complexity index is 678. The average molecular weight is 403 g/mol. The molecule has 0 spiro atoms. The maximum atomic E-state index is 12.2. The molecule has 4 amide bonds. The van der Waals surface area contributed by atoms with Crippen LogP contribution in [0.2, 0.25) is 0 Å². The summed E-state index contributed by atoms with van der Waals surface area (Å²) in [6.07, 6.45) is 3.60. The SMILES string of the molecule is CC(C)NC(=O)C1CCCC(NC(=O)CCNC(=O)N(C)Cc2ccccc2)C1. The minimum atomic E-state index is -0.204. The summed E-state index contributed by atoms with van der Waals surface area (Å²) in [6.45, 7) is 4.70. The van der Waals surface area contributed by atoms with Gasteiger partial charge in [-0.2, -0.15) is 0 Å². The van der Waals surface area contributed by atoms with E-state index in [1.807, 2.05) is 44.2 Å². The second-order valence-corrected chi connectivity index (χ2v) is 8.11. The summed E-state index contributed by atoms with van der Waals surface area (Å²) >= 11 is 0. The number of carbonyl (C=O) groups excluding carboxylic acids is 3. The number of carbonyl (C=O) groups is 3. The van der Waals surface area contributed by atoms with Crippen molar-refractivity contribution in [1.82, 2.24) is 20.9 Å². The molecule has 2 atom stereocenters. The number of rotatable bonds is 8. The van der Waals surface area contributed by atoms with Crippen molar-refractivity contribution in [1.29, 1.82) is 0 Å². The maximum absolute atomic E-state index is 12.2. The Labute approximate surface area is 173 Å². The van der Waals surface area contributed by atoms with E-state index < -0.39 is 0 Å². The molecule has 1 aromatic carbocycles. The van der Waals surface area contributed by atoms with Crippen LogP contribution in [0.15, 0.2) is 30.3 Å². The lowest BCUT2D eigenvalue weighted by atomic mass is 9.85. The van der Waals surface area contributed by atoms with Gasteiger partial charge in [-0.1, -0.05) is 36.8 Å². The third-order valence-electron chi connectivity index (χ3n) is 5.08. The van der Waals surface area contributed by atoms with Crippen molar-refractivity contribution >= 4 is 17.8 Å². The van der Waals surface area contributed by atoms with E-state index >= 15 is 0 Å². The number of urea groups is 1. The van der Waals surface area contributed by atoms with Crippen molar-refractivity contribution in [2.75, 3.05) is 13.6 Å². The fourth-order valence-electron chi connectivity index (χ4n) is 3.61. The highest BCUT2D eigenvalue weighted by Crippen LogP contribution is 2.24. The summed E-state index contributed by atoms with van der Waals surface area (Å²) in [5.74, 6) is -0.0543. The van der Waals surface area contributed by atoms with Gasteiger partial charge in [-0.3, -0.25) is 9.59 Å². The Kier molecular flexibility index (Phi) is 8.96. The monoisotopic (exact) mass is 402 g/mol. The fourth-order valence-corrected chi connectivity index (χ4v) is 3.61. The molecule has 7 nitrogen and oxygen atoms in total. The number of amides is 4. The molecule has 29 heavy (non-hydrogen) atoms. The Morgan fingerprint density at radius 3 is 2.55 bits per heavy atom. The number of hydrogen-bond acceptors (Lipinski definition) is 3. The summed E-state index contributed by atoms with van der Waals surface area (Å²) in [5, 5.41) is 8.75. The molecule has 0 aromatic heterocycles. The predicted molar refractivity (Wildman–Crippen MR) is 113 cm³/mol. The van der Waals surface area contributed by atoms with Gasteiger partial charge in [-0.15, -0.1) is 0 Å². The quantitative estimate of drug-likeness (QED) is 0.624. The smallest absolute Gasteiger partial charge is 0.317 e. The highest BCUT2D eigenvalue weighted by atomic mass is 16.2. The van der Waals surface area contributed by atoms with Crippen molar-refractivity contribution in [2.45, 2.75) is 64.6 Å². The van der Waals surface area contributed by atoms with E-state index in [1.165, 1.54) is 0 Å². The standard InChI is InChI=1S/C22H34N4O3/c1-16(2)24-21(28)18-10-7-11-19(14-18)25-20(27)12-13-23-22(29)26(3)15-17-8-5-4-6-9-17/h4-6,8-9,16,18-19H,7,10-15H2,1-3H3,(H,23,29)(H,24,28)(H,25,27). The molecule has 0 saturated heterocycles. The van der Waals surface area contributed by atoms with E-state index in [4.69, 9.17) is 0 Å². The lowest BCUT2D eigenvalue weighted by Gasteiger charge is -2.29. The fraction of sp³-hybridized carbons (Fsp3) is 0.591. The van der Waals surface area contributed by atoms with E-state index in [9.17, 15) is 14.4 Å². The zero-order chi connectivity index (χ0) is 21.2. The number of benzene rings is 1. The van der Waals surface area contributed by atoms with Crippen LogP contribution < -0.4 is 16.0 Å². The third kappa shape index (κ3) is 8.13. The predicted octanol–water partition coefficient (Wildman–Crippen LogP) is 2.42. The first-order valence-corrected chi connectivity index (χ1v) is 10.5. The van der Waals surface area contributed by atoms with Gasteiger partial charge in [-0.25, -0.2) is 4.79 Å². The first kappa shape index (κ1) is 22.7. The van der Waals surface area contributed by atoms with Crippen LogP contribution >= 0.6 is 0 Å². The molecular weight excluding hydrogens is 368 g/mol. The van der Waals surface area contributed by atoms with Gasteiger partial charge in [0.2, 0.25) is 11.8 Å². The maximum Gasteiger partial charge on any atom is 0.317 e. The van der Waals surface area contributed by atoms with Crippen molar-refractivity contribution < 1.29 is 14.4 Å². The molecule has 1 saturated carbocycles. The van der Waals surface area contributed by atoms with Gasteiger partial charge >= 0.3 is 6.03 Å². The molecule has 3 N–H and O–H groups in total. The van der Waals surface area contributed by atoms with Crippen molar-refractivity contribution in [3.8, 4) is 0 Å². The van der Waals surface area contributed by atoms with Crippen LogP contribution in [0.4, 0.5) is 4.79 Å². The Morgan fingerprint density at radius 1 is 1.14 bits per heavy atom. The van der Waals surface area contributed by atoms with E-state index in [0.29, 0.717) is 13.0 Å². The van der Waals surface area contributed by atoms with Gasteiger partial charge in [0.05, 0.1) is 0 Å². The minimum absolute atomic E-state index is 0.0237. The normalized spacial score (nSPS) is 18.8. The molecule has 2 unspecified atom stereocenters. The Hall–Kier alpha value is -2.57. The van der Waals surface area contributed by atoms with Gasteiger partial charge < -0.3 is 20.9 Å². The van der Waals surface area contributed by atoms with Crippen LogP contribution in [-0.4, -0.2) is 48.4 Å². The summed E-state index contributed by atoms with van der Waals surface area (Å²) in [4.78, 5) is 38.2. The number of hydrogen-bond donors (Lipinski definition) is 3. The molecule has 0 radical (unpaired) electrons. The van der Waals surface area contributed by atoms with Crippen LogP contribution in [0.1, 0.15) is 51.5 Å². The van der Waals surface area contributed by atoms with E-state index in [1.54, 1.807) is 11.9 Å². The van der Waals surface area contributed by atoms with Crippen molar-refractivity contribution in [3.63, 3.8) is 0 Å². The largest absolute Gasteiger partial charge is 0.354 e. The summed E-state index contributed by atoms with van der Waals surface area (Å²) in [6, 6.07) is 9.70. The number of nitrogens with one attached hydrogen (secondary N) is 3. The summed E-state index contributed by atoms with van der Waals surface area (Å²) < 4.78 is 0. The lowest BCUT2D eigenvalue weighted by Crippen LogP contribution is -2.44. The van der Waals surface area contributed by atoms with Crippen LogP contribution in [-0.2, 0) is 16.1 Å². The molecule has 0 bridgehead atoms. The molecule has 7 heteroatoms. The highest BCUT2D eigenvalue weighted by molar-refractivity contribution is 5.80. The lowest BCUT2D eigenvalue weighted by molar-refractivity contribution is -0.128. The van der Waals surface area contributed by atoms with Gasteiger partial charge in [0.25, 0.3) is 0 Å². The molecule has 160 valence electrons. The molecular formula is C22H34N4O3. The average Bonchev–Trinajstić information content (AvgIpc) is 2.68. The molecule has 0 aliphatic heterocycles. The van der Waals surface area contributed by atoms with Crippen molar-refractivity contribution in [3.05, 3.63) is 35.9 Å².